The third kappa shape index (κ3) is 2.81. The fraction of sp³-hybridized carbons (Fsp3) is 0.727. The third-order valence-corrected chi connectivity index (χ3v) is 2.01. The van der Waals surface area contributed by atoms with Crippen LogP contribution in [0, 0.1) is 0 Å². The van der Waals surface area contributed by atoms with Crippen molar-refractivity contribution in [3.8, 4) is 0 Å². The molecule has 1 aliphatic heterocycles. The number of carbonyl (C=O) groups excluding carboxylic acids is 1. The first-order chi connectivity index (χ1) is 7.68. The van der Waals surface area contributed by atoms with Gasteiger partial charge in [-0.15, -0.1) is 0 Å². The molecule has 1 heterocycles. The fourth-order valence-corrected chi connectivity index (χ4v) is 1.41. The Morgan fingerprint density at radius 1 is 1.31 bits per heavy atom. The van der Waals surface area contributed by atoms with Crippen LogP contribution in [0.5, 0.6) is 0 Å². The van der Waals surface area contributed by atoms with E-state index < -0.39 is 18.0 Å². The van der Waals surface area contributed by atoms with Crippen molar-refractivity contribution in [2.45, 2.75) is 32.8 Å². The molecule has 1 aliphatic rings. The first kappa shape index (κ1) is 13.2. The van der Waals surface area contributed by atoms with E-state index in [2.05, 4.69) is 0 Å². The van der Waals surface area contributed by atoms with E-state index in [-0.39, 0.29) is 6.61 Å². The summed E-state index contributed by atoms with van der Waals surface area (Å²) in [5.74, 6) is -1.99. The molecule has 0 radical (unpaired) electrons. The highest BCUT2D eigenvalue weighted by molar-refractivity contribution is 5.80. The van der Waals surface area contributed by atoms with Gasteiger partial charge in [0.1, 0.15) is 0 Å². The molecule has 0 N–H and O–H groups in total. The average molecular weight is 230 g/mol. The number of rotatable bonds is 6. The van der Waals surface area contributed by atoms with Crippen molar-refractivity contribution >= 4 is 5.97 Å². The molecule has 0 amide bonds. The van der Waals surface area contributed by atoms with E-state index in [0.29, 0.717) is 13.2 Å². The van der Waals surface area contributed by atoms with Crippen LogP contribution in [0.1, 0.15) is 20.8 Å². The minimum absolute atomic E-state index is 0.282. The van der Waals surface area contributed by atoms with Crippen LogP contribution in [0.3, 0.4) is 0 Å². The molecular formula is C11H18O5. The molecule has 92 valence electrons. The lowest BCUT2D eigenvalue weighted by Gasteiger charge is -2.25. The summed E-state index contributed by atoms with van der Waals surface area (Å²) in [6.07, 6.45) is 2.63. The highest BCUT2D eigenvalue weighted by Crippen LogP contribution is 2.27. The van der Waals surface area contributed by atoms with Crippen LogP contribution in [0.4, 0.5) is 0 Å². The van der Waals surface area contributed by atoms with Crippen molar-refractivity contribution in [2.75, 3.05) is 19.8 Å². The van der Waals surface area contributed by atoms with Gasteiger partial charge in [-0.05, 0) is 32.9 Å². The smallest absolute Gasteiger partial charge is 0.371 e. The van der Waals surface area contributed by atoms with E-state index in [1.807, 2.05) is 6.92 Å². The van der Waals surface area contributed by atoms with Gasteiger partial charge in [-0.1, -0.05) is 0 Å². The molecule has 5 heteroatoms. The highest BCUT2D eigenvalue weighted by atomic mass is 16.8. The molecule has 0 spiro atoms. The largest absolute Gasteiger partial charge is 0.462 e. The fourth-order valence-electron chi connectivity index (χ4n) is 1.41. The molecule has 1 rings (SSSR count). The Balaban J connectivity index is 2.69. The molecule has 0 saturated heterocycles. The van der Waals surface area contributed by atoms with Gasteiger partial charge in [0.2, 0.25) is 0 Å². The minimum Gasteiger partial charge on any atom is -0.462 e. The summed E-state index contributed by atoms with van der Waals surface area (Å²) < 4.78 is 20.9. The number of hydrogen-bond donors (Lipinski definition) is 0. The van der Waals surface area contributed by atoms with Gasteiger partial charge in [-0.3, -0.25) is 0 Å². The maximum atomic E-state index is 11.7. The molecule has 0 fully saturated rings. The molecule has 0 aromatic heterocycles. The Morgan fingerprint density at radius 3 is 2.62 bits per heavy atom. The van der Waals surface area contributed by atoms with Gasteiger partial charge in [-0.2, -0.15) is 0 Å². The maximum Gasteiger partial charge on any atom is 0.371 e. The van der Waals surface area contributed by atoms with Gasteiger partial charge in [0, 0.05) is 13.2 Å². The van der Waals surface area contributed by atoms with Crippen molar-refractivity contribution in [3.63, 3.8) is 0 Å². The van der Waals surface area contributed by atoms with Crippen LogP contribution >= 0.6 is 0 Å². The van der Waals surface area contributed by atoms with Gasteiger partial charge in [-0.25, -0.2) is 4.79 Å². The second-order valence-corrected chi connectivity index (χ2v) is 3.12. The Morgan fingerprint density at radius 2 is 2.06 bits per heavy atom. The topological polar surface area (TPSA) is 54.0 Å². The Hall–Kier alpha value is -0.910. The van der Waals surface area contributed by atoms with Crippen molar-refractivity contribution in [1.29, 1.82) is 0 Å². The average Bonchev–Trinajstić information content (AvgIpc) is 2.64. The van der Waals surface area contributed by atoms with Crippen LogP contribution < -0.4 is 0 Å². The van der Waals surface area contributed by atoms with Crippen LogP contribution in [-0.2, 0) is 23.7 Å². The minimum atomic E-state index is -1.44. The van der Waals surface area contributed by atoms with Crippen LogP contribution in [0.15, 0.2) is 12.2 Å². The van der Waals surface area contributed by atoms with Crippen LogP contribution in [0.25, 0.3) is 0 Å². The predicted molar refractivity (Wildman–Crippen MR) is 56.6 cm³/mol. The van der Waals surface area contributed by atoms with E-state index in [0.717, 1.165) is 0 Å². The molecule has 16 heavy (non-hydrogen) atoms. The lowest BCUT2D eigenvalue weighted by atomic mass is 10.3. The van der Waals surface area contributed by atoms with Gasteiger partial charge in [0.25, 0.3) is 5.79 Å². The van der Waals surface area contributed by atoms with Crippen molar-refractivity contribution in [2.24, 2.45) is 0 Å². The Bertz CT molecular complexity index is 263. The monoisotopic (exact) mass is 230 g/mol. The van der Waals surface area contributed by atoms with Crippen LogP contribution in [-0.4, -0.2) is 37.9 Å². The first-order valence-electron chi connectivity index (χ1n) is 5.48. The number of ether oxygens (including phenoxy) is 4. The van der Waals surface area contributed by atoms with E-state index in [9.17, 15) is 4.79 Å². The lowest BCUT2D eigenvalue weighted by Crippen LogP contribution is -2.43. The standard InChI is InChI=1S/C11H18O5/c1-4-13-9-7-8-11(16-9,15-6-3)10(12)14-5-2/h7-9H,4-6H2,1-3H3. The van der Waals surface area contributed by atoms with Gasteiger partial charge < -0.3 is 18.9 Å². The normalized spacial score (nSPS) is 28.3. The van der Waals surface area contributed by atoms with E-state index >= 15 is 0 Å². The maximum absolute atomic E-state index is 11.7. The van der Waals surface area contributed by atoms with Gasteiger partial charge in [0.15, 0.2) is 6.29 Å². The first-order valence-corrected chi connectivity index (χ1v) is 5.48. The van der Waals surface area contributed by atoms with Crippen LogP contribution in [0.2, 0.25) is 0 Å². The second-order valence-electron chi connectivity index (χ2n) is 3.12. The Labute approximate surface area is 95.3 Å². The van der Waals surface area contributed by atoms with E-state index in [1.165, 1.54) is 6.08 Å². The molecular weight excluding hydrogens is 212 g/mol. The second kappa shape index (κ2) is 5.98. The number of carbonyl (C=O) groups is 1. The summed E-state index contributed by atoms with van der Waals surface area (Å²) in [6.45, 7) is 6.50. The summed E-state index contributed by atoms with van der Waals surface area (Å²) in [4.78, 5) is 11.7. The summed E-state index contributed by atoms with van der Waals surface area (Å²) in [7, 11) is 0. The number of esters is 1. The third-order valence-electron chi connectivity index (χ3n) is 2.01. The molecule has 0 aromatic carbocycles. The molecule has 0 saturated carbocycles. The SMILES string of the molecule is CCOC(=O)C1(OCC)C=CC(OCC)O1. The quantitative estimate of drug-likeness (QED) is 0.507. The van der Waals surface area contributed by atoms with Crippen molar-refractivity contribution in [1.82, 2.24) is 0 Å². The van der Waals surface area contributed by atoms with Gasteiger partial charge in [0.05, 0.1) is 6.61 Å². The lowest BCUT2D eigenvalue weighted by molar-refractivity contribution is -0.260. The highest BCUT2D eigenvalue weighted by Gasteiger charge is 2.45. The van der Waals surface area contributed by atoms with Crippen molar-refractivity contribution < 1.29 is 23.7 Å². The zero-order valence-electron chi connectivity index (χ0n) is 9.89. The summed E-state index contributed by atoms with van der Waals surface area (Å²) in [5.41, 5.74) is 0. The summed E-state index contributed by atoms with van der Waals surface area (Å²) >= 11 is 0. The zero-order valence-corrected chi connectivity index (χ0v) is 9.89. The molecule has 5 nitrogen and oxygen atoms in total. The summed E-state index contributed by atoms with van der Waals surface area (Å²) in [5, 5.41) is 0. The number of hydrogen-bond acceptors (Lipinski definition) is 5. The zero-order chi connectivity index (χ0) is 12.0. The summed E-state index contributed by atoms with van der Waals surface area (Å²) in [6, 6.07) is 0. The van der Waals surface area contributed by atoms with Gasteiger partial charge >= 0.3 is 5.97 Å². The predicted octanol–water partition coefficient (Wildman–Crippen LogP) is 1.23. The Kier molecular flexibility index (Phi) is 4.92. The molecule has 0 aromatic rings. The molecule has 0 aliphatic carbocycles. The van der Waals surface area contributed by atoms with Crippen molar-refractivity contribution in [3.05, 3.63) is 12.2 Å². The molecule has 2 atom stereocenters. The molecule has 2 unspecified atom stereocenters. The van der Waals surface area contributed by atoms with E-state index in [1.54, 1.807) is 19.9 Å². The van der Waals surface area contributed by atoms with E-state index in [4.69, 9.17) is 18.9 Å². The molecule has 0 bridgehead atoms.